The quantitative estimate of drug-likeness (QED) is 0.813. The average Bonchev–Trinajstić information content (AvgIpc) is 3.21. The number of hydrogen-bond donors (Lipinski definition) is 0. The van der Waals surface area contributed by atoms with Gasteiger partial charge in [-0.2, -0.15) is 0 Å². The Kier molecular flexibility index (Phi) is 4.28. The Labute approximate surface area is 156 Å². The van der Waals surface area contributed by atoms with E-state index in [0.717, 1.165) is 22.8 Å². The SMILES string of the molecule is Cc1nc(C)c(C(=O)N2CCC3(C2)CN(c2ccccc2)C(=O)CO3)s1. The van der Waals surface area contributed by atoms with Crippen molar-refractivity contribution < 1.29 is 14.3 Å². The van der Waals surface area contributed by atoms with Crippen molar-refractivity contribution >= 4 is 28.8 Å². The molecular formula is C19H21N3O3S. The lowest BCUT2D eigenvalue weighted by molar-refractivity contribution is -0.137. The molecule has 1 atom stereocenters. The van der Waals surface area contributed by atoms with Gasteiger partial charge in [0.15, 0.2) is 0 Å². The van der Waals surface area contributed by atoms with Crippen LogP contribution < -0.4 is 4.90 Å². The zero-order valence-corrected chi connectivity index (χ0v) is 15.7. The number of hydrogen-bond acceptors (Lipinski definition) is 5. The van der Waals surface area contributed by atoms with Gasteiger partial charge >= 0.3 is 0 Å². The maximum Gasteiger partial charge on any atom is 0.265 e. The molecule has 3 heterocycles. The van der Waals surface area contributed by atoms with Crippen LogP contribution in [0.4, 0.5) is 5.69 Å². The summed E-state index contributed by atoms with van der Waals surface area (Å²) in [5.41, 5.74) is 1.16. The van der Waals surface area contributed by atoms with Gasteiger partial charge in [0.05, 0.1) is 23.8 Å². The summed E-state index contributed by atoms with van der Waals surface area (Å²) in [5, 5.41) is 0.898. The van der Waals surface area contributed by atoms with Crippen LogP contribution in [0.15, 0.2) is 30.3 Å². The standard InChI is InChI=1S/C19H21N3O3S/c1-13-17(26-14(2)20-13)18(24)21-9-8-19(11-21)12-22(16(23)10-25-19)15-6-4-3-5-7-15/h3-7H,8-12H2,1-2H3. The molecular weight excluding hydrogens is 350 g/mol. The number of carbonyl (C=O) groups excluding carboxylic acids is 2. The topological polar surface area (TPSA) is 62.7 Å². The lowest BCUT2D eigenvalue weighted by Gasteiger charge is -2.40. The molecule has 2 aliphatic rings. The number of amides is 2. The molecule has 7 heteroatoms. The molecule has 2 aliphatic heterocycles. The summed E-state index contributed by atoms with van der Waals surface area (Å²) in [6, 6.07) is 9.63. The van der Waals surface area contributed by atoms with Gasteiger partial charge in [-0.25, -0.2) is 4.98 Å². The summed E-state index contributed by atoms with van der Waals surface area (Å²) in [6.07, 6.45) is 0.728. The first-order chi connectivity index (χ1) is 12.5. The van der Waals surface area contributed by atoms with Crippen molar-refractivity contribution in [2.75, 3.05) is 31.1 Å². The molecule has 136 valence electrons. The van der Waals surface area contributed by atoms with Gasteiger partial charge in [0, 0.05) is 12.2 Å². The van der Waals surface area contributed by atoms with Crippen molar-refractivity contribution in [1.82, 2.24) is 9.88 Å². The highest BCUT2D eigenvalue weighted by molar-refractivity contribution is 7.13. The molecule has 26 heavy (non-hydrogen) atoms. The predicted molar refractivity (Wildman–Crippen MR) is 99.6 cm³/mol. The van der Waals surface area contributed by atoms with Gasteiger partial charge in [-0.1, -0.05) is 18.2 Å². The average molecular weight is 371 g/mol. The van der Waals surface area contributed by atoms with E-state index >= 15 is 0 Å². The molecule has 1 spiro atoms. The fraction of sp³-hybridized carbons (Fsp3) is 0.421. The van der Waals surface area contributed by atoms with Crippen LogP contribution in [0, 0.1) is 13.8 Å². The van der Waals surface area contributed by atoms with Crippen LogP contribution in [-0.4, -0.2) is 53.5 Å². The highest BCUT2D eigenvalue weighted by atomic mass is 32.1. The van der Waals surface area contributed by atoms with Crippen molar-refractivity contribution in [3.8, 4) is 0 Å². The van der Waals surface area contributed by atoms with Crippen LogP contribution in [0.25, 0.3) is 0 Å². The fourth-order valence-corrected chi connectivity index (χ4v) is 4.58. The van der Waals surface area contributed by atoms with Crippen molar-refractivity contribution in [3.05, 3.63) is 45.9 Å². The maximum absolute atomic E-state index is 12.9. The molecule has 4 rings (SSSR count). The molecule has 2 aromatic rings. The number of aryl methyl sites for hydroxylation is 2. The summed E-state index contributed by atoms with van der Waals surface area (Å²) in [6.45, 7) is 5.43. The first-order valence-electron chi connectivity index (χ1n) is 8.70. The number of aromatic nitrogens is 1. The Morgan fingerprint density at radius 3 is 2.69 bits per heavy atom. The van der Waals surface area contributed by atoms with E-state index in [1.54, 1.807) is 4.90 Å². The monoisotopic (exact) mass is 371 g/mol. The first-order valence-corrected chi connectivity index (χ1v) is 9.52. The fourth-order valence-electron chi connectivity index (χ4n) is 3.70. The summed E-state index contributed by atoms with van der Waals surface area (Å²) in [4.78, 5) is 33.9. The lowest BCUT2D eigenvalue weighted by Crippen LogP contribution is -2.56. The summed E-state index contributed by atoms with van der Waals surface area (Å²) in [5.74, 6) is -0.0303. The van der Waals surface area contributed by atoms with E-state index in [-0.39, 0.29) is 18.4 Å². The molecule has 2 fully saturated rings. The van der Waals surface area contributed by atoms with E-state index < -0.39 is 5.60 Å². The van der Waals surface area contributed by atoms with Crippen molar-refractivity contribution in [2.45, 2.75) is 25.9 Å². The van der Waals surface area contributed by atoms with Crippen LogP contribution in [0.3, 0.4) is 0 Å². The van der Waals surface area contributed by atoms with Gasteiger partial charge in [-0.3, -0.25) is 9.59 Å². The van der Waals surface area contributed by atoms with Gasteiger partial charge in [0.2, 0.25) is 0 Å². The molecule has 0 N–H and O–H groups in total. The van der Waals surface area contributed by atoms with Crippen LogP contribution in [0.2, 0.25) is 0 Å². The van der Waals surface area contributed by atoms with Gasteiger partial charge in [-0.05, 0) is 32.4 Å². The van der Waals surface area contributed by atoms with E-state index in [2.05, 4.69) is 4.98 Å². The first kappa shape index (κ1) is 17.2. The minimum absolute atomic E-state index is 0.0109. The van der Waals surface area contributed by atoms with Crippen molar-refractivity contribution in [3.63, 3.8) is 0 Å². The number of likely N-dealkylation sites (tertiary alicyclic amines) is 1. The van der Waals surface area contributed by atoms with Gasteiger partial charge in [-0.15, -0.1) is 11.3 Å². The third-order valence-corrected chi connectivity index (χ3v) is 6.08. The second-order valence-corrected chi connectivity index (χ2v) is 8.11. The molecule has 6 nitrogen and oxygen atoms in total. The van der Waals surface area contributed by atoms with E-state index in [1.807, 2.05) is 49.1 Å². The number of rotatable bonds is 2. The Morgan fingerprint density at radius 1 is 1.23 bits per heavy atom. The Balaban J connectivity index is 1.52. The zero-order chi connectivity index (χ0) is 18.3. The van der Waals surface area contributed by atoms with E-state index in [4.69, 9.17) is 4.74 Å². The number of morpholine rings is 1. The molecule has 0 saturated carbocycles. The number of anilines is 1. The molecule has 0 bridgehead atoms. The number of carbonyl (C=O) groups is 2. The van der Waals surface area contributed by atoms with Gasteiger partial charge in [0.25, 0.3) is 11.8 Å². The number of nitrogens with zero attached hydrogens (tertiary/aromatic N) is 3. The Bertz CT molecular complexity index is 851. The van der Waals surface area contributed by atoms with E-state index in [1.165, 1.54) is 11.3 Å². The molecule has 2 saturated heterocycles. The molecule has 2 amide bonds. The second kappa shape index (κ2) is 6.48. The summed E-state index contributed by atoms with van der Waals surface area (Å²) in [7, 11) is 0. The lowest BCUT2D eigenvalue weighted by atomic mass is 10.00. The van der Waals surface area contributed by atoms with Crippen molar-refractivity contribution in [1.29, 1.82) is 0 Å². The number of para-hydroxylation sites is 1. The summed E-state index contributed by atoms with van der Waals surface area (Å²) >= 11 is 1.43. The number of ether oxygens (including phenoxy) is 1. The largest absolute Gasteiger partial charge is 0.361 e. The number of thiazole rings is 1. The zero-order valence-electron chi connectivity index (χ0n) is 14.9. The van der Waals surface area contributed by atoms with Crippen LogP contribution in [0.1, 0.15) is 26.8 Å². The molecule has 1 unspecified atom stereocenters. The normalized spacial score (nSPS) is 23.1. The predicted octanol–water partition coefficient (Wildman–Crippen LogP) is 2.41. The highest BCUT2D eigenvalue weighted by Crippen LogP contribution is 2.33. The third-order valence-electron chi connectivity index (χ3n) is 5.02. The Hall–Kier alpha value is -2.25. The maximum atomic E-state index is 12.9. The molecule has 1 aromatic heterocycles. The second-order valence-electron chi connectivity index (χ2n) is 6.91. The van der Waals surface area contributed by atoms with Crippen LogP contribution in [-0.2, 0) is 9.53 Å². The minimum atomic E-state index is -0.493. The number of benzene rings is 1. The van der Waals surface area contributed by atoms with Crippen LogP contribution in [0.5, 0.6) is 0 Å². The molecule has 1 aromatic carbocycles. The summed E-state index contributed by atoms with van der Waals surface area (Å²) < 4.78 is 5.94. The van der Waals surface area contributed by atoms with Gasteiger partial charge < -0.3 is 14.5 Å². The van der Waals surface area contributed by atoms with Crippen molar-refractivity contribution in [2.24, 2.45) is 0 Å². The third kappa shape index (κ3) is 3.01. The van der Waals surface area contributed by atoms with Gasteiger partial charge in [0.1, 0.15) is 17.1 Å². The van der Waals surface area contributed by atoms with E-state index in [0.29, 0.717) is 24.5 Å². The Morgan fingerprint density at radius 2 is 2.00 bits per heavy atom. The van der Waals surface area contributed by atoms with E-state index in [9.17, 15) is 9.59 Å². The minimum Gasteiger partial charge on any atom is -0.361 e. The van der Waals surface area contributed by atoms with Crippen LogP contribution >= 0.6 is 11.3 Å². The smallest absolute Gasteiger partial charge is 0.265 e. The molecule has 0 radical (unpaired) electrons. The molecule has 0 aliphatic carbocycles. The highest BCUT2D eigenvalue weighted by Gasteiger charge is 2.47.